The number of nitrogens with one attached hydrogen (secondary N) is 1. The third-order valence-corrected chi connectivity index (χ3v) is 5.31. The van der Waals surface area contributed by atoms with Gasteiger partial charge < -0.3 is 5.32 Å². The monoisotopic (exact) mass is 452 g/mol. The Hall–Kier alpha value is -3.80. The molecule has 170 valence electrons. The predicted octanol–water partition coefficient (Wildman–Crippen LogP) is 5.88. The minimum atomic E-state index is -4.45. The van der Waals surface area contributed by atoms with E-state index in [0.717, 1.165) is 23.4 Å². The molecule has 33 heavy (non-hydrogen) atoms. The standard InChI is InChI=1S/C24H23F3N6/c1-15(2)14-29-22-30-23-32(20-6-4-5-19(12-20)24(25,26)27)16(3)11-21(33(23)31-22)18-9-7-17(13-28)8-10-18/h4-12,15,21H,14H2,1-3H3,(H,29,31)/t21-/m1/s1. The van der Waals surface area contributed by atoms with Gasteiger partial charge in [-0.05, 0) is 54.8 Å². The summed E-state index contributed by atoms with van der Waals surface area (Å²) in [5, 5.41) is 16.9. The van der Waals surface area contributed by atoms with Crippen LogP contribution in [-0.4, -0.2) is 21.3 Å². The highest BCUT2D eigenvalue weighted by Crippen LogP contribution is 2.40. The van der Waals surface area contributed by atoms with Crippen molar-refractivity contribution in [3.8, 4) is 6.07 Å². The highest BCUT2D eigenvalue weighted by Gasteiger charge is 2.33. The molecule has 0 aliphatic carbocycles. The number of alkyl halides is 3. The zero-order chi connectivity index (χ0) is 23.8. The fraction of sp³-hybridized carbons (Fsp3) is 0.292. The molecule has 6 nitrogen and oxygen atoms in total. The lowest BCUT2D eigenvalue weighted by atomic mass is 10.0. The molecule has 0 saturated heterocycles. The van der Waals surface area contributed by atoms with Crippen LogP contribution in [0.1, 0.15) is 43.5 Å². The summed E-state index contributed by atoms with van der Waals surface area (Å²) in [5.74, 6) is 1.17. The zero-order valence-corrected chi connectivity index (χ0v) is 18.4. The van der Waals surface area contributed by atoms with Crippen LogP contribution in [-0.2, 0) is 6.18 Å². The van der Waals surface area contributed by atoms with Gasteiger partial charge in [-0.25, -0.2) is 4.68 Å². The summed E-state index contributed by atoms with van der Waals surface area (Å²) in [4.78, 5) is 6.29. The van der Waals surface area contributed by atoms with E-state index < -0.39 is 11.7 Å². The van der Waals surface area contributed by atoms with Crippen molar-refractivity contribution in [1.82, 2.24) is 14.8 Å². The van der Waals surface area contributed by atoms with Gasteiger partial charge in [0.1, 0.15) is 6.04 Å². The van der Waals surface area contributed by atoms with E-state index in [-0.39, 0.29) is 6.04 Å². The molecule has 0 radical (unpaired) electrons. The summed E-state index contributed by atoms with van der Waals surface area (Å²) < 4.78 is 41.8. The molecule has 1 atom stereocenters. The van der Waals surface area contributed by atoms with E-state index in [1.165, 1.54) is 6.07 Å². The third kappa shape index (κ3) is 4.55. The van der Waals surface area contributed by atoms with Crippen molar-refractivity contribution in [2.75, 3.05) is 16.8 Å². The Bertz CT molecular complexity index is 1220. The second kappa shape index (κ2) is 8.62. The van der Waals surface area contributed by atoms with Crippen molar-refractivity contribution in [2.24, 2.45) is 5.92 Å². The summed E-state index contributed by atoms with van der Waals surface area (Å²) in [5.41, 5.74) is 1.77. The normalized spacial score (nSPS) is 15.8. The first kappa shape index (κ1) is 22.4. The minimum Gasteiger partial charge on any atom is -0.353 e. The Balaban J connectivity index is 1.81. The molecule has 0 fully saturated rings. The predicted molar refractivity (Wildman–Crippen MR) is 120 cm³/mol. The maximum absolute atomic E-state index is 13.4. The summed E-state index contributed by atoms with van der Waals surface area (Å²) in [6.45, 7) is 6.60. The fourth-order valence-electron chi connectivity index (χ4n) is 3.69. The average Bonchev–Trinajstić information content (AvgIpc) is 3.20. The molecule has 2 heterocycles. The number of rotatable bonds is 5. The van der Waals surface area contributed by atoms with Crippen LogP contribution in [0.3, 0.4) is 0 Å². The molecule has 1 N–H and O–H groups in total. The number of fused-ring (bicyclic) bond motifs is 1. The van der Waals surface area contributed by atoms with Gasteiger partial charge in [0.05, 0.1) is 17.2 Å². The molecule has 2 aromatic carbocycles. The molecule has 4 rings (SSSR count). The van der Waals surface area contributed by atoms with E-state index >= 15 is 0 Å². The van der Waals surface area contributed by atoms with Crippen molar-refractivity contribution in [2.45, 2.75) is 33.0 Å². The summed E-state index contributed by atoms with van der Waals surface area (Å²) in [6.07, 6.45) is -2.53. The van der Waals surface area contributed by atoms with E-state index in [2.05, 4.69) is 35.3 Å². The highest BCUT2D eigenvalue weighted by atomic mass is 19.4. The van der Waals surface area contributed by atoms with Crippen molar-refractivity contribution in [3.05, 3.63) is 77.0 Å². The molecule has 9 heteroatoms. The van der Waals surface area contributed by atoms with Gasteiger partial charge in [-0.3, -0.25) is 4.90 Å². The number of allylic oxidation sites excluding steroid dienone is 2. The molecule has 0 amide bonds. The van der Waals surface area contributed by atoms with Crippen LogP contribution >= 0.6 is 0 Å². The van der Waals surface area contributed by atoms with Gasteiger partial charge in [-0.2, -0.15) is 23.4 Å². The molecule has 0 spiro atoms. The van der Waals surface area contributed by atoms with Gasteiger partial charge in [0, 0.05) is 17.9 Å². The Morgan fingerprint density at radius 2 is 1.88 bits per heavy atom. The topological polar surface area (TPSA) is 69.8 Å². The maximum Gasteiger partial charge on any atom is 0.416 e. The quantitative estimate of drug-likeness (QED) is 0.523. The number of nitrogens with zero attached hydrogens (tertiary/aromatic N) is 5. The van der Waals surface area contributed by atoms with Gasteiger partial charge in [0.25, 0.3) is 0 Å². The van der Waals surface area contributed by atoms with Crippen LogP contribution in [0.2, 0.25) is 0 Å². The van der Waals surface area contributed by atoms with E-state index in [9.17, 15) is 13.2 Å². The summed E-state index contributed by atoms with van der Waals surface area (Å²) >= 11 is 0. The van der Waals surface area contributed by atoms with Crippen LogP contribution in [0.25, 0.3) is 0 Å². The van der Waals surface area contributed by atoms with Crippen molar-refractivity contribution in [1.29, 1.82) is 5.26 Å². The van der Waals surface area contributed by atoms with Crippen LogP contribution in [0, 0.1) is 17.2 Å². The lowest BCUT2D eigenvalue weighted by molar-refractivity contribution is -0.137. The lowest BCUT2D eigenvalue weighted by Crippen LogP contribution is -2.27. The average molecular weight is 452 g/mol. The number of anilines is 3. The molecule has 1 aliphatic rings. The smallest absolute Gasteiger partial charge is 0.353 e. The number of aromatic nitrogens is 3. The lowest BCUT2D eigenvalue weighted by Gasteiger charge is -2.32. The number of hydrogen-bond donors (Lipinski definition) is 1. The number of benzene rings is 2. The Labute approximate surface area is 190 Å². The zero-order valence-electron chi connectivity index (χ0n) is 18.4. The second-order valence-electron chi connectivity index (χ2n) is 8.32. The maximum atomic E-state index is 13.4. The van der Waals surface area contributed by atoms with Crippen molar-refractivity contribution < 1.29 is 13.2 Å². The number of hydrogen-bond acceptors (Lipinski definition) is 5. The Kier molecular flexibility index (Phi) is 5.85. The second-order valence-corrected chi connectivity index (χ2v) is 8.32. The molecular formula is C24H23F3N6. The molecule has 0 bridgehead atoms. The van der Waals surface area contributed by atoms with Gasteiger partial charge >= 0.3 is 6.18 Å². The Morgan fingerprint density at radius 1 is 1.15 bits per heavy atom. The van der Waals surface area contributed by atoms with Gasteiger partial charge in [-0.1, -0.05) is 32.0 Å². The van der Waals surface area contributed by atoms with Crippen molar-refractivity contribution in [3.63, 3.8) is 0 Å². The SMILES string of the molecule is CC1=C[C@H](c2ccc(C#N)cc2)n2nc(NCC(C)C)nc2N1c1cccc(C(F)(F)F)c1. The van der Waals surface area contributed by atoms with Crippen LogP contribution < -0.4 is 10.2 Å². The summed E-state index contributed by atoms with van der Waals surface area (Å²) in [6, 6.07) is 14.1. The van der Waals surface area contributed by atoms with E-state index in [1.54, 1.807) is 27.8 Å². The van der Waals surface area contributed by atoms with Crippen molar-refractivity contribution >= 4 is 17.6 Å². The molecule has 1 aromatic heterocycles. The largest absolute Gasteiger partial charge is 0.416 e. The van der Waals surface area contributed by atoms with E-state index in [4.69, 9.17) is 5.26 Å². The van der Waals surface area contributed by atoms with Crippen LogP contribution in [0.4, 0.5) is 30.8 Å². The third-order valence-electron chi connectivity index (χ3n) is 5.31. The van der Waals surface area contributed by atoms with Crippen LogP contribution in [0.5, 0.6) is 0 Å². The fourth-order valence-corrected chi connectivity index (χ4v) is 3.69. The van der Waals surface area contributed by atoms with E-state index in [1.807, 2.05) is 25.1 Å². The number of nitriles is 1. The Morgan fingerprint density at radius 3 is 2.52 bits per heavy atom. The van der Waals surface area contributed by atoms with Gasteiger partial charge in [0.2, 0.25) is 11.9 Å². The minimum absolute atomic E-state index is 0.322. The first-order valence-electron chi connectivity index (χ1n) is 10.5. The number of halogens is 3. The summed E-state index contributed by atoms with van der Waals surface area (Å²) in [7, 11) is 0. The molecular weight excluding hydrogens is 429 g/mol. The molecule has 1 aliphatic heterocycles. The molecule has 3 aromatic rings. The van der Waals surface area contributed by atoms with Gasteiger partial charge in [0.15, 0.2) is 0 Å². The molecule has 0 saturated carbocycles. The molecule has 0 unspecified atom stereocenters. The highest BCUT2D eigenvalue weighted by molar-refractivity contribution is 5.67. The van der Waals surface area contributed by atoms with Gasteiger partial charge in [-0.15, -0.1) is 5.10 Å². The van der Waals surface area contributed by atoms with E-state index in [0.29, 0.717) is 35.6 Å². The first-order valence-corrected chi connectivity index (χ1v) is 10.5. The first-order chi connectivity index (χ1) is 15.7. The van der Waals surface area contributed by atoms with Crippen LogP contribution in [0.15, 0.2) is 60.3 Å².